The van der Waals surface area contributed by atoms with E-state index in [1.54, 1.807) is 30.3 Å². The molecular formula is C18H14FNO. The molecule has 3 aromatic rings. The molecule has 0 aliphatic carbocycles. The third-order valence-corrected chi connectivity index (χ3v) is 2.98. The number of halogens is 1. The lowest BCUT2D eigenvalue weighted by Crippen LogP contribution is -1.91. The van der Waals surface area contributed by atoms with Gasteiger partial charge in [-0.25, -0.2) is 4.39 Å². The van der Waals surface area contributed by atoms with E-state index in [0.29, 0.717) is 5.75 Å². The zero-order valence-electron chi connectivity index (χ0n) is 11.3. The summed E-state index contributed by atoms with van der Waals surface area (Å²) in [6, 6.07) is 23.6. The van der Waals surface area contributed by atoms with E-state index < -0.39 is 0 Å². The van der Waals surface area contributed by atoms with Gasteiger partial charge in [-0.3, -0.25) is 0 Å². The number of benzene rings is 3. The van der Waals surface area contributed by atoms with E-state index in [0.717, 1.165) is 11.4 Å². The third-order valence-electron chi connectivity index (χ3n) is 2.98. The van der Waals surface area contributed by atoms with Gasteiger partial charge in [-0.05, 0) is 48.5 Å². The second kappa shape index (κ2) is 6.09. The van der Waals surface area contributed by atoms with Gasteiger partial charge in [0.15, 0.2) is 11.6 Å². The van der Waals surface area contributed by atoms with Crippen molar-refractivity contribution in [3.05, 3.63) is 84.7 Å². The zero-order chi connectivity index (χ0) is 14.5. The van der Waals surface area contributed by atoms with Crippen molar-refractivity contribution < 1.29 is 9.13 Å². The summed E-state index contributed by atoms with van der Waals surface area (Å²) in [6.45, 7) is 0. The van der Waals surface area contributed by atoms with Gasteiger partial charge in [-0.2, -0.15) is 0 Å². The Hall–Kier alpha value is -2.81. The smallest absolute Gasteiger partial charge is 0.165 e. The summed E-state index contributed by atoms with van der Waals surface area (Å²) in [5.74, 6) is 0.448. The summed E-state index contributed by atoms with van der Waals surface area (Å²) in [5.41, 5.74) is 1.96. The van der Waals surface area contributed by atoms with Crippen LogP contribution in [0.5, 0.6) is 11.5 Å². The standard InChI is InChI=1S/C18H14FNO/c19-17-8-4-5-9-18(17)21-16-12-10-15(11-13-16)20-14-6-2-1-3-7-14/h1-13,20H. The summed E-state index contributed by atoms with van der Waals surface area (Å²) in [5, 5.41) is 3.28. The highest BCUT2D eigenvalue weighted by Gasteiger charge is 2.03. The van der Waals surface area contributed by atoms with Crippen LogP contribution in [0.1, 0.15) is 0 Å². The van der Waals surface area contributed by atoms with Gasteiger partial charge in [0.25, 0.3) is 0 Å². The van der Waals surface area contributed by atoms with Gasteiger partial charge < -0.3 is 10.1 Å². The highest BCUT2D eigenvalue weighted by atomic mass is 19.1. The van der Waals surface area contributed by atoms with Crippen LogP contribution in [0.4, 0.5) is 15.8 Å². The quantitative estimate of drug-likeness (QED) is 0.694. The largest absolute Gasteiger partial charge is 0.454 e. The van der Waals surface area contributed by atoms with E-state index in [9.17, 15) is 4.39 Å². The molecule has 0 spiro atoms. The minimum atomic E-state index is -0.371. The van der Waals surface area contributed by atoms with E-state index in [1.807, 2.05) is 42.5 Å². The third kappa shape index (κ3) is 3.39. The van der Waals surface area contributed by atoms with Crippen LogP contribution in [0, 0.1) is 5.82 Å². The van der Waals surface area contributed by atoms with Crippen molar-refractivity contribution in [2.24, 2.45) is 0 Å². The first-order valence-electron chi connectivity index (χ1n) is 6.66. The van der Waals surface area contributed by atoms with Gasteiger partial charge in [0.05, 0.1) is 0 Å². The van der Waals surface area contributed by atoms with Crippen LogP contribution in [0.2, 0.25) is 0 Å². The van der Waals surface area contributed by atoms with Crippen molar-refractivity contribution in [1.82, 2.24) is 0 Å². The first kappa shape index (κ1) is 13.2. The van der Waals surface area contributed by atoms with Gasteiger partial charge in [0.2, 0.25) is 0 Å². The van der Waals surface area contributed by atoms with Crippen molar-refractivity contribution in [2.75, 3.05) is 5.32 Å². The molecule has 0 fully saturated rings. The molecule has 2 nitrogen and oxygen atoms in total. The molecule has 0 aromatic heterocycles. The molecule has 0 saturated carbocycles. The van der Waals surface area contributed by atoms with Crippen LogP contribution in [0.3, 0.4) is 0 Å². The van der Waals surface area contributed by atoms with Gasteiger partial charge in [-0.15, -0.1) is 0 Å². The van der Waals surface area contributed by atoms with Gasteiger partial charge in [0.1, 0.15) is 5.75 Å². The molecule has 3 heteroatoms. The van der Waals surface area contributed by atoms with Crippen molar-refractivity contribution in [2.45, 2.75) is 0 Å². The van der Waals surface area contributed by atoms with E-state index >= 15 is 0 Å². The number of para-hydroxylation sites is 2. The molecule has 21 heavy (non-hydrogen) atoms. The number of anilines is 2. The maximum Gasteiger partial charge on any atom is 0.165 e. The first-order chi connectivity index (χ1) is 10.3. The van der Waals surface area contributed by atoms with Crippen LogP contribution in [0.25, 0.3) is 0 Å². The van der Waals surface area contributed by atoms with E-state index in [4.69, 9.17) is 4.74 Å². The fourth-order valence-corrected chi connectivity index (χ4v) is 1.95. The monoisotopic (exact) mass is 279 g/mol. The number of nitrogens with one attached hydrogen (secondary N) is 1. The minimum Gasteiger partial charge on any atom is -0.454 e. The first-order valence-corrected chi connectivity index (χ1v) is 6.66. The van der Waals surface area contributed by atoms with E-state index in [-0.39, 0.29) is 11.6 Å². The lowest BCUT2D eigenvalue weighted by molar-refractivity contribution is 0.442. The van der Waals surface area contributed by atoms with Crippen LogP contribution in [0.15, 0.2) is 78.9 Å². The summed E-state index contributed by atoms with van der Waals surface area (Å²) in [6.07, 6.45) is 0. The second-order valence-corrected chi connectivity index (χ2v) is 4.55. The zero-order valence-corrected chi connectivity index (χ0v) is 11.3. The normalized spacial score (nSPS) is 10.1. The molecule has 1 N–H and O–H groups in total. The van der Waals surface area contributed by atoms with Crippen molar-refractivity contribution in [3.63, 3.8) is 0 Å². The summed E-state index contributed by atoms with van der Waals surface area (Å²) in [4.78, 5) is 0. The van der Waals surface area contributed by atoms with Crippen LogP contribution in [-0.4, -0.2) is 0 Å². The predicted molar refractivity (Wildman–Crippen MR) is 82.6 cm³/mol. The Morgan fingerprint density at radius 1 is 0.667 bits per heavy atom. The second-order valence-electron chi connectivity index (χ2n) is 4.55. The number of hydrogen-bond acceptors (Lipinski definition) is 2. The molecule has 3 rings (SSSR count). The molecular weight excluding hydrogens is 265 g/mol. The van der Waals surface area contributed by atoms with Crippen molar-refractivity contribution in [1.29, 1.82) is 0 Å². The number of ether oxygens (including phenoxy) is 1. The highest BCUT2D eigenvalue weighted by molar-refractivity contribution is 5.60. The predicted octanol–water partition coefficient (Wildman–Crippen LogP) is 5.36. The van der Waals surface area contributed by atoms with Crippen molar-refractivity contribution in [3.8, 4) is 11.5 Å². The van der Waals surface area contributed by atoms with Crippen LogP contribution >= 0.6 is 0 Å². The summed E-state index contributed by atoms with van der Waals surface area (Å²) >= 11 is 0. The number of hydrogen-bond donors (Lipinski definition) is 1. The molecule has 3 aromatic carbocycles. The maximum atomic E-state index is 13.5. The highest BCUT2D eigenvalue weighted by Crippen LogP contribution is 2.26. The molecule has 104 valence electrons. The Labute approximate surface area is 122 Å². The van der Waals surface area contributed by atoms with E-state index in [1.165, 1.54) is 6.07 Å². The molecule has 0 radical (unpaired) electrons. The lowest BCUT2D eigenvalue weighted by atomic mass is 10.2. The molecule has 0 amide bonds. The van der Waals surface area contributed by atoms with Crippen LogP contribution < -0.4 is 10.1 Å². The van der Waals surface area contributed by atoms with Crippen molar-refractivity contribution >= 4 is 11.4 Å². The summed E-state index contributed by atoms with van der Waals surface area (Å²) in [7, 11) is 0. The molecule has 0 atom stereocenters. The lowest BCUT2D eigenvalue weighted by Gasteiger charge is -2.09. The van der Waals surface area contributed by atoms with Gasteiger partial charge in [0, 0.05) is 11.4 Å². The average Bonchev–Trinajstić information content (AvgIpc) is 2.52. The topological polar surface area (TPSA) is 21.3 Å². The molecule has 0 aliphatic rings. The van der Waals surface area contributed by atoms with Gasteiger partial charge in [-0.1, -0.05) is 30.3 Å². The maximum absolute atomic E-state index is 13.5. The Balaban J connectivity index is 1.71. The molecule has 0 aliphatic heterocycles. The molecule has 0 heterocycles. The van der Waals surface area contributed by atoms with Gasteiger partial charge >= 0.3 is 0 Å². The van der Waals surface area contributed by atoms with E-state index in [2.05, 4.69) is 5.32 Å². The Kier molecular flexibility index (Phi) is 3.83. The summed E-state index contributed by atoms with van der Waals surface area (Å²) < 4.78 is 19.0. The minimum absolute atomic E-state index is 0.223. The Bertz CT molecular complexity index is 711. The number of rotatable bonds is 4. The SMILES string of the molecule is Fc1ccccc1Oc1ccc(Nc2ccccc2)cc1. The Morgan fingerprint density at radius 3 is 2.00 bits per heavy atom. The molecule has 0 saturated heterocycles. The fraction of sp³-hybridized carbons (Fsp3) is 0. The average molecular weight is 279 g/mol. The molecule has 0 unspecified atom stereocenters. The Morgan fingerprint density at radius 2 is 1.29 bits per heavy atom. The van der Waals surface area contributed by atoms with Crippen LogP contribution in [-0.2, 0) is 0 Å². The molecule has 0 bridgehead atoms. The fourth-order valence-electron chi connectivity index (χ4n) is 1.95.